The van der Waals surface area contributed by atoms with Crippen LogP contribution in [0.25, 0.3) is 11.4 Å². The molecule has 0 atom stereocenters. The van der Waals surface area contributed by atoms with Gasteiger partial charge in [0.05, 0.1) is 11.4 Å². The summed E-state index contributed by atoms with van der Waals surface area (Å²) in [7, 11) is 2.16. The van der Waals surface area contributed by atoms with Crippen LogP contribution in [0.3, 0.4) is 0 Å². The van der Waals surface area contributed by atoms with Crippen molar-refractivity contribution >= 4 is 0 Å². The highest BCUT2D eigenvalue weighted by Crippen LogP contribution is 2.19. The van der Waals surface area contributed by atoms with Crippen molar-refractivity contribution in [3.05, 3.63) is 36.2 Å². The largest absolute Gasteiger partial charge is 0.300 e. The Morgan fingerprint density at radius 3 is 2.68 bits per heavy atom. The molecule has 0 saturated heterocycles. The van der Waals surface area contributed by atoms with E-state index in [-0.39, 0.29) is 0 Å². The fraction of sp³-hybridized carbons (Fsp3) is 0.467. The lowest BCUT2D eigenvalue weighted by atomic mass is 10.2. The van der Waals surface area contributed by atoms with Crippen molar-refractivity contribution in [2.75, 3.05) is 13.6 Å². The second-order valence-electron chi connectivity index (χ2n) is 4.55. The van der Waals surface area contributed by atoms with Crippen molar-refractivity contribution in [3.8, 4) is 11.4 Å². The number of hydrogen-bond acceptors (Lipinski definition) is 3. The van der Waals surface area contributed by atoms with Crippen molar-refractivity contribution in [3.63, 3.8) is 0 Å². The van der Waals surface area contributed by atoms with Gasteiger partial charge < -0.3 is 4.90 Å². The van der Waals surface area contributed by atoms with Gasteiger partial charge in [0, 0.05) is 25.8 Å². The van der Waals surface area contributed by atoms with E-state index in [0.717, 1.165) is 37.4 Å². The van der Waals surface area contributed by atoms with Gasteiger partial charge in [-0.15, -0.1) is 0 Å². The zero-order valence-electron chi connectivity index (χ0n) is 12.0. The normalized spacial score (nSPS) is 15.1. The molecule has 4 nitrogen and oxygen atoms in total. The Bertz CT molecular complexity index is 504. The van der Waals surface area contributed by atoms with Crippen LogP contribution in [-0.4, -0.2) is 33.3 Å². The molecule has 0 amide bonds. The lowest BCUT2D eigenvalue weighted by Gasteiger charge is -2.10. The van der Waals surface area contributed by atoms with E-state index >= 15 is 0 Å². The second-order valence-corrected chi connectivity index (χ2v) is 4.55. The van der Waals surface area contributed by atoms with E-state index in [0.29, 0.717) is 0 Å². The summed E-state index contributed by atoms with van der Waals surface area (Å²) in [6.45, 7) is 7.12. The third-order valence-corrected chi connectivity index (χ3v) is 3.13. The van der Waals surface area contributed by atoms with Crippen LogP contribution in [0.1, 0.15) is 26.0 Å². The number of rotatable bonds is 1. The maximum Gasteiger partial charge on any atom is 0.111 e. The number of pyridine rings is 1. The number of aryl methyl sites for hydroxylation is 1. The summed E-state index contributed by atoms with van der Waals surface area (Å²) in [5.41, 5.74) is 3.22. The average Bonchev–Trinajstić information content (AvgIpc) is 2.77. The third-order valence-electron chi connectivity index (χ3n) is 3.13. The van der Waals surface area contributed by atoms with Gasteiger partial charge in [-0.25, -0.2) is 0 Å². The number of fused-ring (bicyclic) bond motifs is 1. The van der Waals surface area contributed by atoms with Gasteiger partial charge in [-0.1, -0.05) is 19.9 Å². The standard InChI is InChI=1S/C13H16N4.C2H6/c1-16-7-4-8-17-11(10-16)9-13(15-17)12-5-2-3-6-14-12;1-2/h2-3,5-6,9H,4,7-8,10H2,1H3;1-2H3. The minimum atomic E-state index is 0.954. The third kappa shape index (κ3) is 3.20. The molecule has 2 aromatic heterocycles. The highest BCUT2D eigenvalue weighted by atomic mass is 15.3. The SMILES string of the molecule is CC.CN1CCCn2nc(-c3ccccn3)cc2C1. The van der Waals surface area contributed by atoms with Crippen LogP contribution in [0.4, 0.5) is 0 Å². The zero-order valence-corrected chi connectivity index (χ0v) is 12.0. The summed E-state index contributed by atoms with van der Waals surface area (Å²) in [6, 6.07) is 8.09. The van der Waals surface area contributed by atoms with Crippen molar-refractivity contribution in [2.45, 2.75) is 33.4 Å². The Balaban J connectivity index is 0.000000637. The first-order valence-electron chi connectivity index (χ1n) is 6.99. The molecule has 4 heteroatoms. The fourth-order valence-electron chi connectivity index (χ4n) is 2.26. The van der Waals surface area contributed by atoms with Gasteiger partial charge in [-0.05, 0) is 31.7 Å². The quantitative estimate of drug-likeness (QED) is 0.788. The van der Waals surface area contributed by atoms with Crippen molar-refractivity contribution in [1.29, 1.82) is 0 Å². The molecule has 0 unspecified atom stereocenters. The maximum atomic E-state index is 4.64. The van der Waals surface area contributed by atoms with Crippen LogP contribution in [0.5, 0.6) is 0 Å². The predicted molar refractivity (Wildman–Crippen MR) is 77.8 cm³/mol. The summed E-state index contributed by atoms with van der Waals surface area (Å²) < 4.78 is 2.12. The summed E-state index contributed by atoms with van der Waals surface area (Å²) in [5.74, 6) is 0. The lowest BCUT2D eigenvalue weighted by Crippen LogP contribution is -2.16. The molecule has 102 valence electrons. The van der Waals surface area contributed by atoms with Gasteiger partial charge in [-0.3, -0.25) is 9.67 Å². The molecule has 19 heavy (non-hydrogen) atoms. The van der Waals surface area contributed by atoms with Gasteiger partial charge in [0.2, 0.25) is 0 Å². The monoisotopic (exact) mass is 258 g/mol. The molecule has 1 aliphatic heterocycles. The van der Waals surface area contributed by atoms with E-state index in [1.807, 2.05) is 38.2 Å². The number of aromatic nitrogens is 3. The lowest BCUT2D eigenvalue weighted by molar-refractivity contribution is 0.332. The molecule has 1 aliphatic rings. The predicted octanol–water partition coefficient (Wildman–Crippen LogP) is 2.81. The summed E-state index contributed by atoms with van der Waals surface area (Å²) in [6.07, 6.45) is 2.97. The van der Waals surface area contributed by atoms with Crippen LogP contribution in [0.2, 0.25) is 0 Å². The molecule has 0 aromatic carbocycles. The van der Waals surface area contributed by atoms with E-state index < -0.39 is 0 Å². The van der Waals surface area contributed by atoms with Crippen LogP contribution in [0.15, 0.2) is 30.5 Å². The molecule has 3 rings (SSSR count). The van der Waals surface area contributed by atoms with E-state index in [4.69, 9.17) is 0 Å². The maximum absolute atomic E-state index is 4.64. The van der Waals surface area contributed by atoms with Gasteiger partial charge in [0.1, 0.15) is 5.69 Å². The first-order valence-corrected chi connectivity index (χ1v) is 6.99. The topological polar surface area (TPSA) is 34.0 Å². The van der Waals surface area contributed by atoms with Gasteiger partial charge >= 0.3 is 0 Å². The van der Waals surface area contributed by atoms with Gasteiger partial charge in [0.25, 0.3) is 0 Å². The number of nitrogens with zero attached hydrogens (tertiary/aromatic N) is 4. The van der Waals surface area contributed by atoms with Crippen molar-refractivity contribution in [1.82, 2.24) is 19.7 Å². The fourth-order valence-corrected chi connectivity index (χ4v) is 2.26. The van der Waals surface area contributed by atoms with E-state index in [9.17, 15) is 0 Å². The van der Waals surface area contributed by atoms with Crippen molar-refractivity contribution < 1.29 is 0 Å². The molecular formula is C15H22N4. The van der Waals surface area contributed by atoms with Crippen LogP contribution in [-0.2, 0) is 13.1 Å². The summed E-state index contributed by atoms with van der Waals surface area (Å²) >= 11 is 0. The minimum absolute atomic E-state index is 0.954. The molecule has 0 N–H and O–H groups in total. The smallest absolute Gasteiger partial charge is 0.111 e. The van der Waals surface area contributed by atoms with E-state index in [2.05, 4.69) is 32.8 Å². The first kappa shape index (κ1) is 13.7. The Hall–Kier alpha value is -1.68. The van der Waals surface area contributed by atoms with E-state index in [1.165, 1.54) is 5.69 Å². The summed E-state index contributed by atoms with van der Waals surface area (Å²) in [4.78, 5) is 6.68. The Morgan fingerprint density at radius 2 is 1.95 bits per heavy atom. The molecule has 0 saturated carbocycles. The molecule has 0 radical (unpaired) electrons. The molecule has 0 aliphatic carbocycles. The number of hydrogen-bond donors (Lipinski definition) is 0. The van der Waals surface area contributed by atoms with Crippen LogP contribution < -0.4 is 0 Å². The Labute approximate surface area is 115 Å². The van der Waals surface area contributed by atoms with Crippen LogP contribution >= 0.6 is 0 Å². The second kappa shape index (κ2) is 6.48. The molecule has 0 bridgehead atoms. The summed E-state index contributed by atoms with van der Waals surface area (Å²) in [5, 5.41) is 4.64. The molecule has 0 fully saturated rings. The van der Waals surface area contributed by atoms with Gasteiger partial charge in [-0.2, -0.15) is 5.10 Å². The minimum Gasteiger partial charge on any atom is -0.300 e. The van der Waals surface area contributed by atoms with Crippen LogP contribution in [0, 0.1) is 0 Å². The Morgan fingerprint density at radius 1 is 1.11 bits per heavy atom. The molecule has 3 heterocycles. The highest BCUT2D eigenvalue weighted by molar-refractivity contribution is 5.53. The first-order chi connectivity index (χ1) is 9.33. The molecular weight excluding hydrogens is 236 g/mol. The van der Waals surface area contributed by atoms with E-state index in [1.54, 1.807) is 0 Å². The highest BCUT2D eigenvalue weighted by Gasteiger charge is 2.14. The molecule has 2 aromatic rings. The zero-order chi connectivity index (χ0) is 13.7. The average molecular weight is 258 g/mol. The van der Waals surface area contributed by atoms with Crippen molar-refractivity contribution in [2.24, 2.45) is 0 Å². The molecule has 0 spiro atoms. The van der Waals surface area contributed by atoms with Gasteiger partial charge in [0.15, 0.2) is 0 Å². The Kier molecular flexibility index (Phi) is 4.68.